The summed E-state index contributed by atoms with van der Waals surface area (Å²) < 4.78 is 0. The maximum atomic E-state index is 11.7. The summed E-state index contributed by atoms with van der Waals surface area (Å²) in [6, 6.07) is -0.286. The van der Waals surface area contributed by atoms with E-state index >= 15 is 0 Å². The minimum absolute atomic E-state index is 0.0613. The van der Waals surface area contributed by atoms with Crippen molar-refractivity contribution in [2.24, 2.45) is 5.92 Å². The normalized spacial score (nSPS) is 18.3. The minimum atomic E-state index is -0.286. The Morgan fingerprint density at radius 2 is 2.06 bits per heavy atom. The number of carbonyl (C=O) groups excluding carboxylic acids is 2. The zero-order chi connectivity index (χ0) is 13.2. The molecule has 0 saturated heterocycles. The first-order valence-electron chi connectivity index (χ1n) is 7.23. The predicted molar refractivity (Wildman–Crippen MR) is 72.3 cm³/mol. The van der Waals surface area contributed by atoms with Crippen LogP contribution in [0.5, 0.6) is 0 Å². The van der Waals surface area contributed by atoms with Crippen LogP contribution in [-0.4, -0.2) is 31.3 Å². The Kier molecular flexibility index (Phi) is 7.65. The molecule has 2 N–H and O–H groups in total. The number of rotatable bonds is 8. The molecule has 1 amide bonds. The van der Waals surface area contributed by atoms with Gasteiger partial charge in [-0.15, -0.1) is 0 Å². The quantitative estimate of drug-likeness (QED) is 0.511. The lowest BCUT2D eigenvalue weighted by atomic mass is 9.84. The van der Waals surface area contributed by atoms with E-state index in [1.54, 1.807) is 0 Å². The van der Waals surface area contributed by atoms with E-state index in [1.807, 2.05) is 0 Å². The molecule has 4 nitrogen and oxygen atoms in total. The minimum Gasteiger partial charge on any atom is -0.345 e. The summed E-state index contributed by atoms with van der Waals surface area (Å²) in [6.07, 6.45) is 8.84. The maximum absolute atomic E-state index is 11.7. The number of hydrogen-bond acceptors (Lipinski definition) is 3. The number of unbranched alkanes of at least 4 members (excludes halogenated alkanes) is 1. The van der Waals surface area contributed by atoms with Gasteiger partial charge in [0.25, 0.3) is 0 Å². The van der Waals surface area contributed by atoms with Crippen LogP contribution in [-0.2, 0) is 9.59 Å². The first-order valence-corrected chi connectivity index (χ1v) is 7.23. The van der Waals surface area contributed by atoms with E-state index in [0.717, 1.165) is 38.5 Å². The molecule has 1 aliphatic rings. The van der Waals surface area contributed by atoms with Gasteiger partial charge in [-0.05, 0) is 31.7 Å². The Morgan fingerprint density at radius 3 is 2.67 bits per heavy atom. The van der Waals surface area contributed by atoms with Gasteiger partial charge in [0.15, 0.2) is 0 Å². The lowest BCUT2D eigenvalue weighted by Crippen LogP contribution is -2.45. The van der Waals surface area contributed by atoms with Crippen LogP contribution in [0.1, 0.15) is 51.9 Å². The molecule has 0 aromatic carbocycles. The Balaban J connectivity index is 2.24. The van der Waals surface area contributed by atoms with E-state index in [0.29, 0.717) is 12.5 Å². The molecule has 1 rings (SSSR count). The van der Waals surface area contributed by atoms with Crippen molar-refractivity contribution < 1.29 is 9.59 Å². The molecule has 0 unspecified atom stereocenters. The Bertz CT molecular complexity index is 250. The van der Waals surface area contributed by atoms with Gasteiger partial charge in [0.05, 0.1) is 12.6 Å². The van der Waals surface area contributed by atoms with Crippen molar-refractivity contribution >= 4 is 12.2 Å². The van der Waals surface area contributed by atoms with Crippen LogP contribution in [0.3, 0.4) is 0 Å². The van der Waals surface area contributed by atoms with Crippen molar-refractivity contribution in [1.82, 2.24) is 10.6 Å². The van der Waals surface area contributed by atoms with Gasteiger partial charge in [-0.2, -0.15) is 0 Å². The fourth-order valence-corrected chi connectivity index (χ4v) is 2.50. The molecule has 0 bridgehead atoms. The molecule has 4 heteroatoms. The van der Waals surface area contributed by atoms with Crippen LogP contribution in [0, 0.1) is 5.92 Å². The Morgan fingerprint density at radius 1 is 1.33 bits per heavy atom. The van der Waals surface area contributed by atoms with Crippen LogP contribution in [0.4, 0.5) is 0 Å². The molecule has 0 aliphatic heterocycles. The van der Waals surface area contributed by atoms with E-state index in [1.165, 1.54) is 19.3 Å². The molecular weight excluding hydrogens is 228 g/mol. The van der Waals surface area contributed by atoms with Gasteiger partial charge in [0.2, 0.25) is 5.91 Å². The highest BCUT2D eigenvalue weighted by molar-refractivity contribution is 5.81. The van der Waals surface area contributed by atoms with E-state index in [9.17, 15) is 9.59 Å². The van der Waals surface area contributed by atoms with E-state index < -0.39 is 0 Å². The smallest absolute Gasteiger partial charge is 0.234 e. The van der Waals surface area contributed by atoms with Crippen molar-refractivity contribution in [3.05, 3.63) is 0 Å². The van der Waals surface area contributed by atoms with E-state index in [4.69, 9.17) is 0 Å². The Hall–Kier alpha value is -0.900. The van der Waals surface area contributed by atoms with Crippen molar-refractivity contribution in [1.29, 1.82) is 0 Å². The van der Waals surface area contributed by atoms with Crippen molar-refractivity contribution in [3.8, 4) is 0 Å². The van der Waals surface area contributed by atoms with Gasteiger partial charge < -0.3 is 15.4 Å². The van der Waals surface area contributed by atoms with Crippen LogP contribution in [0.15, 0.2) is 0 Å². The Labute approximate surface area is 110 Å². The number of nitrogens with one attached hydrogen (secondary N) is 2. The zero-order valence-corrected chi connectivity index (χ0v) is 11.4. The van der Waals surface area contributed by atoms with Gasteiger partial charge >= 0.3 is 0 Å². The topological polar surface area (TPSA) is 58.2 Å². The lowest BCUT2D eigenvalue weighted by molar-refractivity contribution is -0.124. The number of amides is 1. The fourth-order valence-electron chi connectivity index (χ4n) is 2.50. The van der Waals surface area contributed by atoms with Gasteiger partial charge in [-0.1, -0.05) is 32.6 Å². The molecule has 104 valence electrons. The molecule has 1 saturated carbocycles. The third-order valence-electron chi connectivity index (χ3n) is 3.62. The number of hydrogen-bond donors (Lipinski definition) is 2. The summed E-state index contributed by atoms with van der Waals surface area (Å²) in [6.45, 7) is 3.30. The molecule has 0 aromatic heterocycles. The highest BCUT2D eigenvalue weighted by atomic mass is 16.2. The third-order valence-corrected chi connectivity index (χ3v) is 3.62. The molecular formula is C14H26N2O2. The number of aldehydes is 1. The van der Waals surface area contributed by atoms with Crippen molar-refractivity contribution in [2.45, 2.75) is 57.9 Å². The van der Waals surface area contributed by atoms with E-state index in [2.05, 4.69) is 17.6 Å². The second kappa shape index (κ2) is 9.09. The molecule has 0 heterocycles. The number of carbonyl (C=O) groups is 2. The second-order valence-electron chi connectivity index (χ2n) is 5.16. The van der Waals surface area contributed by atoms with Crippen molar-refractivity contribution in [2.75, 3.05) is 13.1 Å². The molecule has 0 radical (unpaired) electrons. The summed E-state index contributed by atoms with van der Waals surface area (Å²) in [5, 5.41) is 5.93. The van der Waals surface area contributed by atoms with Gasteiger partial charge in [0.1, 0.15) is 6.29 Å². The fraction of sp³-hybridized carbons (Fsp3) is 0.857. The van der Waals surface area contributed by atoms with Crippen LogP contribution in [0.25, 0.3) is 0 Å². The molecule has 1 aliphatic carbocycles. The molecule has 1 atom stereocenters. The first kappa shape index (κ1) is 15.2. The van der Waals surface area contributed by atoms with Gasteiger partial charge in [-0.25, -0.2) is 0 Å². The first-order chi connectivity index (χ1) is 8.77. The van der Waals surface area contributed by atoms with Crippen LogP contribution >= 0.6 is 0 Å². The predicted octanol–water partition coefficient (Wildman–Crippen LogP) is 1.64. The highest BCUT2D eigenvalue weighted by Crippen LogP contribution is 2.25. The summed E-state index contributed by atoms with van der Waals surface area (Å²) in [7, 11) is 0. The summed E-state index contributed by atoms with van der Waals surface area (Å²) in [4.78, 5) is 22.8. The van der Waals surface area contributed by atoms with Crippen LogP contribution < -0.4 is 10.6 Å². The molecule has 0 spiro atoms. The average molecular weight is 254 g/mol. The monoisotopic (exact) mass is 254 g/mol. The largest absolute Gasteiger partial charge is 0.345 e. The highest BCUT2D eigenvalue weighted by Gasteiger charge is 2.24. The molecule has 1 fully saturated rings. The maximum Gasteiger partial charge on any atom is 0.234 e. The molecule has 18 heavy (non-hydrogen) atoms. The standard InChI is InChI=1S/C14H26N2O2/c1-2-3-9-15-10-14(18)16-13(11-17)12-7-5-4-6-8-12/h11-13,15H,2-10H2,1H3,(H,16,18)/t13-/m1/s1. The summed E-state index contributed by atoms with van der Waals surface area (Å²) in [5.41, 5.74) is 0. The zero-order valence-electron chi connectivity index (χ0n) is 11.4. The summed E-state index contributed by atoms with van der Waals surface area (Å²) >= 11 is 0. The van der Waals surface area contributed by atoms with E-state index in [-0.39, 0.29) is 11.9 Å². The lowest BCUT2D eigenvalue weighted by Gasteiger charge is -2.27. The molecule has 0 aromatic rings. The second-order valence-corrected chi connectivity index (χ2v) is 5.16. The van der Waals surface area contributed by atoms with Gasteiger partial charge in [0, 0.05) is 0 Å². The van der Waals surface area contributed by atoms with Crippen molar-refractivity contribution in [3.63, 3.8) is 0 Å². The summed E-state index contributed by atoms with van der Waals surface area (Å²) in [5.74, 6) is 0.282. The average Bonchev–Trinajstić information content (AvgIpc) is 2.42. The third kappa shape index (κ3) is 5.63. The van der Waals surface area contributed by atoms with Crippen LogP contribution in [0.2, 0.25) is 0 Å². The van der Waals surface area contributed by atoms with Gasteiger partial charge in [-0.3, -0.25) is 4.79 Å². The SMILES string of the molecule is CCCCNCC(=O)N[C@H](C=O)C1CCCCC1.